The van der Waals surface area contributed by atoms with Crippen LogP contribution in [-0.4, -0.2) is 21.8 Å². The standard InChI is InChI=1S/C20H9Br2N3O2/c21-7-1-3-9-11(5-7)23-17-13(9)15-16(20(27)25-19(15)26)14-10-4-2-8(22)6-12(10)24-18(14)17/h1-6,23-24H,(H,25,26,27). The summed E-state index contributed by atoms with van der Waals surface area (Å²) < 4.78 is 1.88. The molecule has 2 amide bonds. The highest BCUT2D eigenvalue weighted by molar-refractivity contribution is 9.10. The van der Waals surface area contributed by atoms with Crippen LogP contribution in [0.3, 0.4) is 0 Å². The number of imide groups is 1. The van der Waals surface area contributed by atoms with E-state index >= 15 is 0 Å². The molecule has 0 unspecified atom stereocenters. The topological polar surface area (TPSA) is 77.8 Å². The van der Waals surface area contributed by atoms with Gasteiger partial charge in [-0.2, -0.15) is 0 Å². The summed E-state index contributed by atoms with van der Waals surface area (Å²) >= 11 is 6.99. The van der Waals surface area contributed by atoms with Gasteiger partial charge in [-0.05, 0) is 24.3 Å². The molecule has 27 heavy (non-hydrogen) atoms. The number of hydrogen-bond donors (Lipinski definition) is 3. The second-order valence-corrected chi connectivity index (χ2v) is 8.49. The SMILES string of the molecule is O=C1NC(=O)c2c1c1c3ccc(Br)cc3[nH]c1c1[nH]c3cc(Br)ccc3c21. The summed E-state index contributed by atoms with van der Waals surface area (Å²) in [6.07, 6.45) is 0. The molecular weight excluding hydrogens is 474 g/mol. The number of carbonyl (C=O) groups excluding carboxylic acids is 2. The molecule has 0 spiro atoms. The summed E-state index contributed by atoms with van der Waals surface area (Å²) in [5, 5.41) is 5.84. The smallest absolute Gasteiger partial charge is 0.259 e. The fourth-order valence-electron chi connectivity index (χ4n) is 4.17. The molecule has 7 heteroatoms. The van der Waals surface area contributed by atoms with Gasteiger partial charge < -0.3 is 9.97 Å². The first-order valence-electron chi connectivity index (χ1n) is 8.26. The van der Waals surface area contributed by atoms with E-state index in [0.717, 1.165) is 52.6 Å². The minimum absolute atomic E-state index is 0.350. The maximum Gasteiger partial charge on any atom is 0.259 e. The van der Waals surface area contributed by atoms with Gasteiger partial charge in [0.25, 0.3) is 11.8 Å². The fraction of sp³-hybridized carbons (Fsp3) is 0. The second-order valence-electron chi connectivity index (χ2n) is 6.66. The lowest BCUT2D eigenvalue weighted by Crippen LogP contribution is -2.20. The van der Waals surface area contributed by atoms with E-state index in [-0.39, 0.29) is 11.8 Å². The average Bonchev–Trinajstić information content (AvgIpc) is 3.25. The largest absolute Gasteiger partial charge is 0.353 e. The number of hydrogen-bond acceptors (Lipinski definition) is 2. The van der Waals surface area contributed by atoms with Crippen molar-refractivity contribution in [3.05, 3.63) is 56.5 Å². The predicted molar refractivity (Wildman–Crippen MR) is 112 cm³/mol. The van der Waals surface area contributed by atoms with Crippen molar-refractivity contribution in [1.29, 1.82) is 0 Å². The molecule has 3 aromatic carbocycles. The first kappa shape index (κ1) is 15.4. The Balaban J connectivity index is 1.98. The quantitative estimate of drug-likeness (QED) is 0.260. The number of nitrogens with one attached hydrogen (secondary N) is 3. The van der Waals surface area contributed by atoms with Crippen molar-refractivity contribution in [2.24, 2.45) is 0 Å². The molecule has 6 rings (SSSR count). The van der Waals surface area contributed by atoms with Crippen LogP contribution in [0.2, 0.25) is 0 Å². The van der Waals surface area contributed by atoms with Gasteiger partial charge in [0, 0.05) is 41.5 Å². The van der Waals surface area contributed by atoms with Crippen LogP contribution in [0.25, 0.3) is 43.6 Å². The van der Waals surface area contributed by atoms with Crippen LogP contribution in [0.15, 0.2) is 45.3 Å². The minimum Gasteiger partial charge on any atom is -0.353 e. The van der Waals surface area contributed by atoms with Crippen molar-refractivity contribution in [2.75, 3.05) is 0 Å². The number of halogens is 2. The molecule has 0 aliphatic carbocycles. The van der Waals surface area contributed by atoms with Crippen molar-refractivity contribution in [3.63, 3.8) is 0 Å². The van der Waals surface area contributed by atoms with Crippen molar-refractivity contribution < 1.29 is 9.59 Å². The molecule has 0 fully saturated rings. The number of amides is 2. The van der Waals surface area contributed by atoms with Gasteiger partial charge in [0.15, 0.2) is 0 Å². The van der Waals surface area contributed by atoms with Gasteiger partial charge in [-0.1, -0.05) is 44.0 Å². The van der Waals surface area contributed by atoms with Crippen LogP contribution in [0, 0.1) is 0 Å². The molecule has 2 aromatic heterocycles. The number of aromatic nitrogens is 2. The van der Waals surface area contributed by atoms with Crippen molar-refractivity contribution in [3.8, 4) is 0 Å². The lowest BCUT2D eigenvalue weighted by atomic mass is 9.97. The number of fused-ring (bicyclic) bond motifs is 10. The monoisotopic (exact) mass is 481 g/mol. The predicted octanol–water partition coefficient (Wildman–Crippen LogP) is 5.36. The Hall–Kier alpha value is -2.64. The van der Waals surface area contributed by atoms with Gasteiger partial charge in [0.2, 0.25) is 0 Å². The molecule has 3 heterocycles. The molecule has 5 aromatic rings. The average molecular weight is 483 g/mol. The van der Waals surface area contributed by atoms with Gasteiger partial charge in [-0.25, -0.2) is 0 Å². The first-order valence-corrected chi connectivity index (χ1v) is 9.85. The highest BCUT2D eigenvalue weighted by atomic mass is 79.9. The number of benzene rings is 3. The van der Waals surface area contributed by atoms with E-state index in [1.165, 1.54) is 0 Å². The molecular formula is C20H9Br2N3O2. The third-order valence-corrected chi connectivity index (χ3v) is 6.19. The highest BCUT2D eigenvalue weighted by Crippen LogP contribution is 2.42. The van der Waals surface area contributed by atoms with Crippen molar-refractivity contribution in [1.82, 2.24) is 15.3 Å². The molecule has 3 N–H and O–H groups in total. The number of rotatable bonds is 0. The van der Waals surface area contributed by atoms with Gasteiger partial charge >= 0.3 is 0 Å². The van der Waals surface area contributed by atoms with Gasteiger partial charge in [-0.15, -0.1) is 0 Å². The van der Waals surface area contributed by atoms with Crippen molar-refractivity contribution >= 4 is 87.3 Å². The Morgan fingerprint density at radius 2 is 1.11 bits per heavy atom. The zero-order chi connectivity index (χ0) is 18.4. The van der Waals surface area contributed by atoms with Gasteiger partial charge in [0.05, 0.1) is 22.2 Å². The molecule has 0 saturated carbocycles. The number of aromatic amines is 2. The van der Waals surface area contributed by atoms with E-state index in [2.05, 4.69) is 47.1 Å². The Kier molecular flexibility index (Phi) is 2.85. The Morgan fingerprint density at radius 1 is 0.667 bits per heavy atom. The maximum atomic E-state index is 12.7. The van der Waals surface area contributed by atoms with E-state index in [1.54, 1.807) is 0 Å². The molecule has 0 saturated heterocycles. The van der Waals surface area contributed by atoms with E-state index in [4.69, 9.17) is 0 Å². The summed E-state index contributed by atoms with van der Waals surface area (Å²) in [6.45, 7) is 0. The van der Waals surface area contributed by atoms with Crippen LogP contribution in [0.1, 0.15) is 20.7 Å². The van der Waals surface area contributed by atoms with Crippen LogP contribution >= 0.6 is 31.9 Å². The number of H-pyrrole nitrogens is 2. The molecule has 0 bridgehead atoms. The maximum absolute atomic E-state index is 12.7. The van der Waals surface area contributed by atoms with Crippen LogP contribution in [0.4, 0.5) is 0 Å². The fourth-order valence-corrected chi connectivity index (χ4v) is 4.89. The summed E-state index contributed by atoms with van der Waals surface area (Å²) in [5.74, 6) is -0.700. The highest BCUT2D eigenvalue weighted by Gasteiger charge is 2.34. The molecule has 0 radical (unpaired) electrons. The van der Waals surface area contributed by atoms with Crippen molar-refractivity contribution in [2.45, 2.75) is 0 Å². The lowest BCUT2D eigenvalue weighted by molar-refractivity contribution is 0.0880. The minimum atomic E-state index is -0.350. The molecule has 1 aliphatic rings. The Morgan fingerprint density at radius 3 is 1.56 bits per heavy atom. The van der Waals surface area contributed by atoms with Gasteiger partial charge in [-0.3, -0.25) is 14.9 Å². The second kappa shape index (κ2) is 4.99. The molecule has 0 atom stereocenters. The zero-order valence-corrected chi connectivity index (χ0v) is 16.7. The van der Waals surface area contributed by atoms with Gasteiger partial charge in [0.1, 0.15) is 0 Å². The van der Waals surface area contributed by atoms with E-state index in [1.807, 2.05) is 36.4 Å². The van der Waals surface area contributed by atoms with E-state index in [9.17, 15) is 9.59 Å². The summed E-state index contributed by atoms with van der Waals surface area (Å²) in [7, 11) is 0. The summed E-state index contributed by atoms with van der Waals surface area (Å²) in [4.78, 5) is 32.2. The molecule has 5 nitrogen and oxygen atoms in total. The molecule has 130 valence electrons. The Labute approximate surface area is 168 Å². The van der Waals surface area contributed by atoms with Crippen LogP contribution < -0.4 is 5.32 Å². The van der Waals surface area contributed by atoms with Crippen LogP contribution in [-0.2, 0) is 0 Å². The number of carbonyl (C=O) groups is 2. The third-order valence-electron chi connectivity index (χ3n) is 5.20. The summed E-state index contributed by atoms with van der Waals surface area (Å²) in [6, 6.07) is 11.7. The zero-order valence-electron chi connectivity index (χ0n) is 13.5. The van der Waals surface area contributed by atoms with E-state index < -0.39 is 0 Å². The summed E-state index contributed by atoms with van der Waals surface area (Å²) in [5.41, 5.74) is 4.35. The van der Waals surface area contributed by atoms with E-state index in [0.29, 0.717) is 11.1 Å². The first-order chi connectivity index (χ1) is 13.0. The normalized spacial score (nSPS) is 14.0. The third kappa shape index (κ3) is 1.88. The Bertz CT molecular complexity index is 1400. The molecule has 1 aliphatic heterocycles. The van der Waals surface area contributed by atoms with Crippen LogP contribution in [0.5, 0.6) is 0 Å². The lowest BCUT2D eigenvalue weighted by Gasteiger charge is -2.02.